The lowest BCUT2D eigenvalue weighted by atomic mass is 10.2. The molecule has 0 spiro atoms. The number of ether oxygens (including phenoxy) is 2. The number of carbonyl (C=O) groups excluding carboxylic acids is 4. The number of imide groups is 1. The largest absolute Gasteiger partial charge is 0.467 e. The third-order valence-corrected chi connectivity index (χ3v) is 3.63. The molecular formula is C13H18N2O6. The summed E-state index contributed by atoms with van der Waals surface area (Å²) in [6.07, 6.45) is 0.412. The molecule has 0 radical (unpaired) electrons. The van der Waals surface area contributed by atoms with E-state index in [1.165, 1.54) is 12.0 Å². The van der Waals surface area contributed by atoms with Crippen molar-refractivity contribution >= 4 is 23.7 Å². The fourth-order valence-corrected chi connectivity index (χ4v) is 2.46. The van der Waals surface area contributed by atoms with Crippen LogP contribution in [0.3, 0.4) is 0 Å². The van der Waals surface area contributed by atoms with Crippen molar-refractivity contribution in [3.05, 3.63) is 0 Å². The first-order valence-corrected chi connectivity index (χ1v) is 6.83. The average Bonchev–Trinajstić information content (AvgIpc) is 2.82. The third-order valence-electron chi connectivity index (χ3n) is 3.63. The van der Waals surface area contributed by atoms with E-state index in [4.69, 9.17) is 4.74 Å². The zero-order chi connectivity index (χ0) is 15.4. The molecule has 2 heterocycles. The van der Waals surface area contributed by atoms with Crippen LogP contribution < -0.4 is 0 Å². The molecule has 1 atom stereocenters. The van der Waals surface area contributed by atoms with E-state index in [-0.39, 0.29) is 50.1 Å². The summed E-state index contributed by atoms with van der Waals surface area (Å²) < 4.78 is 9.83. The molecular weight excluding hydrogens is 280 g/mol. The summed E-state index contributed by atoms with van der Waals surface area (Å²) in [6.45, 7) is 0.795. The van der Waals surface area contributed by atoms with Crippen LogP contribution >= 0.6 is 0 Å². The Morgan fingerprint density at radius 2 is 1.95 bits per heavy atom. The predicted octanol–water partition coefficient (Wildman–Crippen LogP) is -1.07. The molecule has 0 aromatic heterocycles. The van der Waals surface area contributed by atoms with Gasteiger partial charge < -0.3 is 14.4 Å². The van der Waals surface area contributed by atoms with Crippen LogP contribution in [0, 0.1) is 0 Å². The SMILES string of the molecule is COC(=O)C1COCCN1C(=O)CCN1C(=O)CCC1=O. The van der Waals surface area contributed by atoms with Crippen LogP contribution in [0.25, 0.3) is 0 Å². The number of carbonyl (C=O) groups is 4. The van der Waals surface area contributed by atoms with E-state index in [0.717, 1.165) is 4.90 Å². The molecule has 0 saturated carbocycles. The highest BCUT2D eigenvalue weighted by atomic mass is 16.5. The number of hydrogen-bond donors (Lipinski definition) is 0. The van der Waals surface area contributed by atoms with Gasteiger partial charge in [0.1, 0.15) is 0 Å². The highest BCUT2D eigenvalue weighted by Gasteiger charge is 2.35. The monoisotopic (exact) mass is 298 g/mol. The van der Waals surface area contributed by atoms with E-state index in [9.17, 15) is 19.2 Å². The van der Waals surface area contributed by atoms with E-state index in [0.29, 0.717) is 13.2 Å². The molecule has 0 bridgehead atoms. The highest BCUT2D eigenvalue weighted by Crippen LogP contribution is 2.14. The molecule has 2 aliphatic heterocycles. The van der Waals surface area contributed by atoms with Crippen molar-refractivity contribution in [1.29, 1.82) is 0 Å². The van der Waals surface area contributed by atoms with Gasteiger partial charge in [-0.2, -0.15) is 0 Å². The Bertz CT molecular complexity index is 448. The molecule has 116 valence electrons. The molecule has 0 N–H and O–H groups in total. The van der Waals surface area contributed by atoms with Crippen molar-refractivity contribution in [1.82, 2.24) is 9.80 Å². The van der Waals surface area contributed by atoms with Gasteiger partial charge in [-0.15, -0.1) is 0 Å². The van der Waals surface area contributed by atoms with E-state index in [2.05, 4.69) is 4.74 Å². The van der Waals surface area contributed by atoms with Crippen molar-refractivity contribution < 1.29 is 28.7 Å². The Labute approximate surface area is 121 Å². The molecule has 8 heteroatoms. The Morgan fingerprint density at radius 3 is 2.57 bits per heavy atom. The van der Waals surface area contributed by atoms with Gasteiger partial charge in [-0.25, -0.2) is 4.79 Å². The number of morpholine rings is 1. The minimum absolute atomic E-state index is 0.00493. The van der Waals surface area contributed by atoms with Gasteiger partial charge in [-0.3, -0.25) is 19.3 Å². The maximum absolute atomic E-state index is 12.2. The lowest BCUT2D eigenvalue weighted by molar-refractivity contribution is -0.161. The van der Waals surface area contributed by atoms with Crippen molar-refractivity contribution in [2.24, 2.45) is 0 Å². The molecule has 8 nitrogen and oxygen atoms in total. The molecule has 0 aliphatic carbocycles. The lowest BCUT2D eigenvalue weighted by Gasteiger charge is -2.34. The second kappa shape index (κ2) is 6.66. The van der Waals surface area contributed by atoms with Crippen LogP contribution in [0.2, 0.25) is 0 Å². The van der Waals surface area contributed by atoms with Crippen molar-refractivity contribution in [3.63, 3.8) is 0 Å². The molecule has 2 aliphatic rings. The summed E-state index contributed by atoms with van der Waals surface area (Å²) in [6, 6.07) is -0.763. The van der Waals surface area contributed by atoms with Crippen LogP contribution in [-0.4, -0.2) is 72.9 Å². The lowest BCUT2D eigenvalue weighted by Crippen LogP contribution is -2.53. The van der Waals surface area contributed by atoms with Crippen LogP contribution in [-0.2, 0) is 28.7 Å². The van der Waals surface area contributed by atoms with Crippen LogP contribution in [0.5, 0.6) is 0 Å². The quantitative estimate of drug-likeness (QED) is 0.484. The molecule has 0 aromatic rings. The van der Waals surface area contributed by atoms with E-state index < -0.39 is 12.0 Å². The minimum atomic E-state index is -0.763. The number of esters is 1. The Balaban J connectivity index is 1.93. The summed E-state index contributed by atoms with van der Waals surface area (Å²) in [5, 5.41) is 0. The first-order chi connectivity index (χ1) is 10.0. The maximum Gasteiger partial charge on any atom is 0.331 e. The topological polar surface area (TPSA) is 93.2 Å². The average molecular weight is 298 g/mol. The van der Waals surface area contributed by atoms with E-state index in [1.54, 1.807) is 0 Å². The Kier molecular flexibility index (Phi) is 4.89. The Morgan fingerprint density at radius 1 is 1.29 bits per heavy atom. The van der Waals surface area contributed by atoms with Crippen molar-refractivity contribution in [2.45, 2.75) is 25.3 Å². The molecule has 3 amide bonds. The molecule has 21 heavy (non-hydrogen) atoms. The Hall–Kier alpha value is -1.96. The zero-order valence-electron chi connectivity index (χ0n) is 11.9. The molecule has 1 unspecified atom stereocenters. The van der Waals surface area contributed by atoms with Gasteiger partial charge in [-0.1, -0.05) is 0 Å². The smallest absolute Gasteiger partial charge is 0.331 e. The van der Waals surface area contributed by atoms with Gasteiger partial charge in [-0.05, 0) is 0 Å². The molecule has 2 saturated heterocycles. The van der Waals surface area contributed by atoms with Crippen LogP contribution in [0.4, 0.5) is 0 Å². The van der Waals surface area contributed by atoms with Gasteiger partial charge >= 0.3 is 5.97 Å². The maximum atomic E-state index is 12.2. The van der Waals surface area contributed by atoms with Crippen LogP contribution in [0.15, 0.2) is 0 Å². The normalized spacial score (nSPS) is 22.6. The first kappa shape index (κ1) is 15.4. The van der Waals surface area contributed by atoms with Gasteiger partial charge in [0, 0.05) is 32.4 Å². The van der Waals surface area contributed by atoms with E-state index >= 15 is 0 Å². The molecule has 0 aromatic carbocycles. The summed E-state index contributed by atoms with van der Waals surface area (Å²) in [7, 11) is 1.25. The van der Waals surface area contributed by atoms with Gasteiger partial charge in [0.15, 0.2) is 6.04 Å². The number of amides is 3. The second-order valence-electron chi connectivity index (χ2n) is 4.89. The van der Waals surface area contributed by atoms with Crippen LogP contribution in [0.1, 0.15) is 19.3 Å². The van der Waals surface area contributed by atoms with Crippen molar-refractivity contribution in [3.8, 4) is 0 Å². The first-order valence-electron chi connectivity index (χ1n) is 6.83. The fourth-order valence-electron chi connectivity index (χ4n) is 2.46. The van der Waals surface area contributed by atoms with Gasteiger partial charge in [0.2, 0.25) is 17.7 Å². The number of likely N-dealkylation sites (tertiary alicyclic amines) is 1. The third kappa shape index (κ3) is 3.38. The number of hydrogen-bond acceptors (Lipinski definition) is 6. The number of rotatable bonds is 4. The second-order valence-corrected chi connectivity index (χ2v) is 4.89. The molecule has 2 rings (SSSR count). The van der Waals surface area contributed by atoms with E-state index in [1.807, 2.05) is 0 Å². The summed E-state index contributed by atoms with van der Waals surface area (Å²) in [5.41, 5.74) is 0. The fraction of sp³-hybridized carbons (Fsp3) is 0.692. The standard InChI is InChI=1S/C13H18N2O6/c1-20-13(19)9-8-21-7-6-14(9)12(18)4-5-15-10(16)2-3-11(15)17/h9H,2-8H2,1H3. The summed E-state index contributed by atoms with van der Waals surface area (Å²) in [4.78, 5) is 49.3. The summed E-state index contributed by atoms with van der Waals surface area (Å²) >= 11 is 0. The number of methoxy groups -OCH3 is 1. The zero-order valence-corrected chi connectivity index (χ0v) is 11.9. The van der Waals surface area contributed by atoms with Crippen molar-refractivity contribution in [2.75, 3.05) is 33.4 Å². The van der Waals surface area contributed by atoms with Gasteiger partial charge in [0.25, 0.3) is 0 Å². The summed E-state index contributed by atoms with van der Waals surface area (Å²) in [5.74, 6) is -1.32. The molecule has 2 fully saturated rings. The predicted molar refractivity (Wildman–Crippen MR) is 68.9 cm³/mol. The minimum Gasteiger partial charge on any atom is -0.467 e. The highest BCUT2D eigenvalue weighted by molar-refractivity contribution is 6.02. The van der Waals surface area contributed by atoms with Gasteiger partial charge in [0.05, 0.1) is 20.3 Å². The number of nitrogens with zero attached hydrogens (tertiary/aromatic N) is 2.